The zero-order valence-corrected chi connectivity index (χ0v) is 11.6. The topological polar surface area (TPSA) is 44.5 Å². The van der Waals surface area contributed by atoms with Gasteiger partial charge in [-0.15, -0.1) is 0 Å². The first-order valence-electron chi connectivity index (χ1n) is 6.41. The summed E-state index contributed by atoms with van der Waals surface area (Å²) in [6.07, 6.45) is 3.28. The van der Waals surface area contributed by atoms with Crippen LogP contribution in [0.4, 0.5) is 0 Å². The molecule has 0 aromatic carbocycles. The highest BCUT2D eigenvalue weighted by atomic mass is 16.5. The lowest BCUT2D eigenvalue weighted by atomic mass is 10.0. The van der Waals surface area contributed by atoms with Gasteiger partial charge in [0.1, 0.15) is 0 Å². The van der Waals surface area contributed by atoms with Crippen molar-refractivity contribution in [1.82, 2.24) is 0 Å². The largest absolute Gasteiger partial charge is 0.374 e. The van der Waals surface area contributed by atoms with Gasteiger partial charge in [0.2, 0.25) is 0 Å². The Balaban J connectivity index is 3.71. The molecule has 0 aliphatic rings. The second-order valence-corrected chi connectivity index (χ2v) is 5.23. The van der Waals surface area contributed by atoms with E-state index < -0.39 is 0 Å². The predicted molar refractivity (Wildman–Crippen MR) is 68.6 cm³/mol. The Bertz CT molecular complexity index is 166. The number of rotatable bonds is 8. The molecule has 3 heteroatoms. The summed E-state index contributed by atoms with van der Waals surface area (Å²) in [5.74, 6) is 0. The van der Waals surface area contributed by atoms with Crippen molar-refractivity contribution in [3.05, 3.63) is 0 Å². The molecule has 0 rings (SSSR count). The van der Waals surface area contributed by atoms with Crippen molar-refractivity contribution >= 4 is 0 Å². The third kappa shape index (κ3) is 8.08. The van der Waals surface area contributed by atoms with E-state index in [0.717, 1.165) is 19.3 Å². The van der Waals surface area contributed by atoms with Crippen LogP contribution in [-0.4, -0.2) is 31.0 Å². The number of hydrogen-bond acceptors (Lipinski definition) is 3. The number of hydrogen-bond donors (Lipinski definition) is 1. The molecule has 3 nitrogen and oxygen atoms in total. The Labute approximate surface area is 101 Å². The molecule has 0 bridgehead atoms. The molecule has 2 unspecified atom stereocenters. The normalized spacial score (nSPS) is 16.1. The SMILES string of the molecule is CCCC(N)C(CC)OCCOC(C)(C)C. The van der Waals surface area contributed by atoms with Crippen molar-refractivity contribution in [2.75, 3.05) is 13.2 Å². The molecule has 0 saturated carbocycles. The highest BCUT2D eigenvalue weighted by Crippen LogP contribution is 2.09. The van der Waals surface area contributed by atoms with Crippen molar-refractivity contribution in [1.29, 1.82) is 0 Å². The Kier molecular flexibility index (Phi) is 7.98. The minimum atomic E-state index is -0.0867. The van der Waals surface area contributed by atoms with Gasteiger partial charge in [-0.2, -0.15) is 0 Å². The van der Waals surface area contributed by atoms with E-state index in [2.05, 4.69) is 13.8 Å². The van der Waals surface area contributed by atoms with Crippen LogP contribution in [0.5, 0.6) is 0 Å². The quantitative estimate of drug-likeness (QED) is 0.653. The van der Waals surface area contributed by atoms with Crippen molar-refractivity contribution < 1.29 is 9.47 Å². The lowest BCUT2D eigenvalue weighted by molar-refractivity contribution is -0.0569. The Hall–Kier alpha value is -0.120. The minimum Gasteiger partial charge on any atom is -0.374 e. The van der Waals surface area contributed by atoms with Crippen LogP contribution in [0, 0.1) is 0 Å². The fourth-order valence-corrected chi connectivity index (χ4v) is 1.61. The maximum absolute atomic E-state index is 6.04. The molecule has 0 aromatic rings. The molecular weight excluding hydrogens is 202 g/mol. The molecule has 98 valence electrons. The molecule has 0 radical (unpaired) electrons. The van der Waals surface area contributed by atoms with Gasteiger partial charge in [-0.3, -0.25) is 0 Å². The monoisotopic (exact) mass is 231 g/mol. The van der Waals surface area contributed by atoms with Gasteiger partial charge in [0, 0.05) is 6.04 Å². The van der Waals surface area contributed by atoms with Gasteiger partial charge < -0.3 is 15.2 Å². The molecule has 0 aromatic heterocycles. The summed E-state index contributed by atoms with van der Waals surface area (Å²) in [6.45, 7) is 11.7. The van der Waals surface area contributed by atoms with Crippen molar-refractivity contribution in [3.8, 4) is 0 Å². The summed E-state index contributed by atoms with van der Waals surface area (Å²) in [7, 11) is 0. The van der Waals surface area contributed by atoms with Crippen LogP contribution in [0.3, 0.4) is 0 Å². The fraction of sp³-hybridized carbons (Fsp3) is 1.00. The average molecular weight is 231 g/mol. The first-order valence-corrected chi connectivity index (χ1v) is 6.41. The molecular formula is C13H29NO2. The van der Waals surface area contributed by atoms with Gasteiger partial charge in [0.05, 0.1) is 24.9 Å². The first-order chi connectivity index (χ1) is 7.40. The summed E-state index contributed by atoms with van der Waals surface area (Å²) in [5.41, 5.74) is 5.95. The van der Waals surface area contributed by atoms with Gasteiger partial charge in [-0.1, -0.05) is 20.3 Å². The van der Waals surface area contributed by atoms with Crippen LogP contribution in [0.25, 0.3) is 0 Å². The average Bonchev–Trinajstić information content (AvgIpc) is 2.16. The molecule has 0 fully saturated rings. The maximum atomic E-state index is 6.04. The zero-order valence-electron chi connectivity index (χ0n) is 11.6. The van der Waals surface area contributed by atoms with Crippen molar-refractivity contribution in [3.63, 3.8) is 0 Å². The highest BCUT2D eigenvalue weighted by Gasteiger charge is 2.16. The number of ether oxygens (including phenoxy) is 2. The number of nitrogens with two attached hydrogens (primary N) is 1. The highest BCUT2D eigenvalue weighted by molar-refractivity contribution is 4.71. The Morgan fingerprint density at radius 2 is 1.75 bits per heavy atom. The van der Waals surface area contributed by atoms with E-state index in [1.165, 1.54) is 0 Å². The van der Waals surface area contributed by atoms with Crippen LogP contribution >= 0.6 is 0 Å². The van der Waals surface area contributed by atoms with Crippen LogP contribution in [-0.2, 0) is 9.47 Å². The van der Waals surface area contributed by atoms with E-state index in [1.807, 2.05) is 20.8 Å². The van der Waals surface area contributed by atoms with E-state index in [0.29, 0.717) is 13.2 Å². The summed E-state index contributed by atoms with van der Waals surface area (Å²) in [6, 6.07) is 0.157. The van der Waals surface area contributed by atoms with Gasteiger partial charge in [-0.25, -0.2) is 0 Å². The lowest BCUT2D eigenvalue weighted by Gasteiger charge is -2.24. The predicted octanol–water partition coefficient (Wildman–Crippen LogP) is 2.72. The molecule has 0 spiro atoms. The third-order valence-electron chi connectivity index (χ3n) is 2.45. The summed E-state index contributed by atoms with van der Waals surface area (Å²) in [5, 5.41) is 0. The molecule has 0 amide bonds. The summed E-state index contributed by atoms with van der Waals surface area (Å²) in [4.78, 5) is 0. The molecule has 2 atom stereocenters. The standard InChI is InChI=1S/C13H29NO2/c1-6-8-11(14)12(7-2)15-9-10-16-13(3,4)5/h11-12H,6-10,14H2,1-5H3. The third-order valence-corrected chi connectivity index (χ3v) is 2.45. The van der Waals surface area contributed by atoms with Crippen molar-refractivity contribution in [2.45, 2.75) is 71.6 Å². The smallest absolute Gasteiger partial charge is 0.0724 e. The second-order valence-electron chi connectivity index (χ2n) is 5.23. The van der Waals surface area contributed by atoms with Crippen LogP contribution < -0.4 is 5.73 Å². The fourth-order valence-electron chi connectivity index (χ4n) is 1.61. The molecule has 2 N–H and O–H groups in total. The van der Waals surface area contributed by atoms with Crippen molar-refractivity contribution in [2.24, 2.45) is 5.73 Å². The maximum Gasteiger partial charge on any atom is 0.0724 e. The van der Waals surface area contributed by atoms with Crippen LogP contribution in [0.2, 0.25) is 0 Å². The van der Waals surface area contributed by atoms with E-state index in [9.17, 15) is 0 Å². The van der Waals surface area contributed by atoms with E-state index in [1.54, 1.807) is 0 Å². The summed E-state index contributed by atoms with van der Waals surface area (Å²) < 4.78 is 11.3. The van der Waals surface area contributed by atoms with Gasteiger partial charge in [0.25, 0.3) is 0 Å². The van der Waals surface area contributed by atoms with Gasteiger partial charge >= 0.3 is 0 Å². The molecule has 0 aliphatic carbocycles. The Morgan fingerprint density at radius 1 is 1.12 bits per heavy atom. The molecule has 0 heterocycles. The van der Waals surface area contributed by atoms with E-state index >= 15 is 0 Å². The first kappa shape index (κ1) is 15.9. The van der Waals surface area contributed by atoms with E-state index in [-0.39, 0.29) is 17.7 Å². The molecule has 16 heavy (non-hydrogen) atoms. The van der Waals surface area contributed by atoms with Gasteiger partial charge in [-0.05, 0) is 33.6 Å². The minimum absolute atomic E-state index is 0.0867. The van der Waals surface area contributed by atoms with Crippen LogP contribution in [0.15, 0.2) is 0 Å². The molecule has 0 aliphatic heterocycles. The van der Waals surface area contributed by atoms with Crippen LogP contribution in [0.1, 0.15) is 53.9 Å². The zero-order chi connectivity index (χ0) is 12.6. The second kappa shape index (κ2) is 8.04. The van der Waals surface area contributed by atoms with E-state index in [4.69, 9.17) is 15.2 Å². The lowest BCUT2D eigenvalue weighted by Crippen LogP contribution is -2.37. The van der Waals surface area contributed by atoms with Gasteiger partial charge in [0.15, 0.2) is 0 Å². The Morgan fingerprint density at radius 3 is 2.19 bits per heavy atom. The molecule has 0 saturated heterocycles. The summed E-state index contributed by atoms with van der Waals surface area (Å²) >= 11 is 0.